The monoisotopic (exact) mass is 234 g/mol. The molecule has 0 fully saturated rings. The number of halogens is 1. The molecule has 0 radical (unpaired) electrons. The number of hydrogen-bond donors (Lipinski definition) is 1. The molecule has 1 atom stereocenters. The summed E-state index contributed by atoms with van der Waals surface area (Å²) in [5.74, 6) is -0.147. The first-order valence-corrected chi connectivity index (χ1v) is 6.01. The molecule has 16 heavy (non-hydrogen) atoms. The first-order valence-electron chi connectivity index (χ1n) is 6.01. The fourth-order valence-electron chi connectivity index (χ4n) is 1.54. The van der Waals surface area contributed by atoms with Crippen LogP contribution in [0.1, 0.15) is 51.4 Å². The maximum absolute atomic E-state index is 11.9. The molecule has 0 saturated heterocycles. The summed E-state index contributed by atoms with van der Waals surface area (Å²) in [5, 5.41) is 8.96. The Morgan fingerprint density at radius 2 is 1.75 bits per heavy atom. The van der Waals surface area contributed by atoms with Crippen molar-refractivity contribution in [3.05, 3.63) is 0 Å². The molecule has 0 aliphatic rings. The van der Waals surface area contributed by atoms with Crippen molar-refractivity contribution in [2.75, 3.05) is 13.8 Å². The van der Waals surface area contributed by atoms with Gasteiger partial charge in [0.05, 0.1) is 13.2 Å². The van der Waals surface area contributed by atoms with Crippen molar-refractivity contribution >= 4 is 5.97 Å². The number of aliphatic hydroxyl groups excluding tert-OH is 1. The van der Waals surface area contributed by atoms with Gasteiger partial charge >= 0.3 is 5.97 Å². The van der Waals surface area contributed by atoms with Crippen molar-refractivity contribution in [3.8, 4) is 0 Å². The van der Waals surface area contributed by atoms with Gasteiger partial charge in [-0.2, -0.15) is 0 Å². The average molecular weight is 234 g/mol. The van der Waals surface area contributed by atoms with Crippen LogP contribution in [-0.2, 0) is 9.53 Å². The van der Waals surface area contributed by atoms with Gasteiger partial charge in [-0.3, -0.25) is 4.79 Å². The molecule has 0 aliphatic carbocycles. The van der Waals surface area contributed by atoms with E-state index in [4.69, 9.17) is 5.11 Å². The second kappa shape index (κ2) is 10.9. The van der Waals surface area contributed by atoms with Gasteiger partial charge in [-0.1, -0.05) is 32.1 Å². The van der Waals surface area contributed by atoms with Gasteiger partial charge in [0.1, 0.15) is 6.67 Å². The van der Waals surface area contributed by atoms with Gasteiger partial charge in [-0.25, -0.2) is 4.39 Å². The van der Waals surface area contributed by atoms with Crippen LogP contribution in [0, 0.1) is 0 Å². The fourth-order valence-corrected chi connectivity index (χ4v) is 1.54. The second-order valence-electron chi connectivity index (χ2n) is 4.04. The summed E-state index contributed by atoms with van der Waals surface area (Å²) in [6, 6.07) is 0. The number of carbonyl (C=O) groups is 1. The Morgan fingerprint density at radius 1 is 1.19 bits per heavy atom. The third-order valence-corrected chi connectivity index (χ3v) is 2.57. The minimum atomic E-state index is -0.778. The van der Waals surface area contributed by atoms with Crippen LogP contribution in [0.3, 0.4) is 0 Å². The predicted molar refractivity (Wildman–Crippen MR) is 60.9 cm³/mol. The van der Waals surface area contributed by atoms with E-state index in [-0.39, 0.29) is 5.97 Å². The van der Waals surface area contributed by atoms with Crippen molar-refractivity contribution < 1.29 is 19.0 Å². The molecule has 0 aromatic carbocycles. The van der Waals surface area contributed by atoms with Gasteiger partial charge in [0.15, 0.2) is 0 Å². The summed E-state index contributed by atoms with van der Waals surface area (Å²) in [5.41, 5.74) is 0. The average Bonchev–Trinajstić information content (AvgIpc) is 2.31. The zero-order valence-electron chi connectivity index (χ0n) is 10.1. The Bertz CT molecular complexity index is 174. The van der Waals surface area contributed by atoms with E-state index in [1.54, 1.807) is 0 Å². The normalized spacial score (nSPS) is 12.4. The lowest BCUT2D eigenvalue weighted by Crippen LogP contribution is -2.07. The molecule has 4 heteroatoms. The van der Waals surface area contributed by atoms with Crippen LogP contribution in [0.2, 0.25) is 0 Å². The van der Waals surface area contributed by atoms with Gasteiger partial charge in [0.25, 0.3) is 0 Å². The highest BCUT2D eigenvalue weighted by atomic mass is 19.1. The number of alkyl halides is 1. The fraction of sp³-hybridized carbons (Fsp3) is 0.917. The molecule has 0 saturated carbocycles. The number of unbranched alkanes of at least 4 members (excludes halogenated alkanes) is 5. The van der Waals surface area contributed by atoms with Gasteiger partial charge in [0, 0.05) is 6.42 Å². The van der Waals surface area contributed by atoms with Gasteiger partial charge in [-0.05, 0) is 12.8 Å². The van der Waals surface area contributed by atoms with Crippen molar-refractivity contribution in [1.29, 1.82) is 0 Å². The lowest BCUT2D eigenvalue weighted by Gasteiger charge is -2.05. The molecule has 0 unspecified atom stereocenters. The van der Waals surface area contributed by atoms with E-state index >= 15 is 0 Å². The molecule has 3 nitrogen and oxygen atoms in total. The van der Waals surface area contributed by atoms with Crippen LogP contribution in [0.25, 0.3) is 0 Å². The number of hydrogen-bond acceptors (Lipinski definition) is 3. The van der Waals surface area contributed by atoms with Crippen LogP contribution in [0.15, 0.2) is 0 Å². The topological polar surface area (TPSA) is 46.5 Å². The summed E-state index contributed by atoms with van der Waals surface area (Å²) >= 11 is 0. The number of aliphatic hydroxyl groups is 1. The Kier molecular flexibility index (Phi) is 10.4. The molecular weight excluding hydrogens is 211 g/mol. The number of rotatable bonds is 10. The van der Waals surface area contributed by atoms with Gasteiger partial charge in [-0.15, -0.1) is 0 Å². The number of methoxy groups -OCH3 is 1. The first-order chi connectivity index (χ1) is 7.70. The quantitative estimate of drug-likeness (QED) is 0.467. The van der Waals surface area contributed by atoms with Crippen molar-refractivity contribution in [3.63, 3.8) is 0 Å². The van der Waals surface area contributed by atoms with E-state index in [1.165, 1.54) is 7.11 Å². The van der Waals surface area contributed by atoms with E-state index in [0.717, 1.165) is 38.5 Å². The molecule has 0 aliphatic heterocycles. The molecule has 1 N–H and O–H groups in total. The third kappa shape index (κ3) is 9.90. The van der Waals surface area contributed by atoms with Crippen LogP contribution in [0.5, 0.6) is 0 Å². The maximum Gasteiger partial charge on any atom is 0.305 e. The van der Waals surface area contributed by atoms with Crippen LogP contribution in [0.4, 0.5) is 4.39 Å². The van der Waals surface area contributed by atoms with E-state index < -0.39 is 12.8 Å². The lowest BCUT2D eigenvalue weighted by atomic mass is 10.1. The molecule has 0 rings (SSSR count). The van der Waals surface area contributed by atoms with E-state index in [9.17, 15) is 9.18 Å². The van der Waals surface area contributed by atoms with Crippen LogP contribution < -0.4 is 0 Å². The second-order valence-corrected chi connectivity index (χ2v) is 4.04. The summed E-state index contributed by atoms with van der Waals surface area (Å²) < 4.78 is 16.4. The minimum absolute atomic E-state index is 0.147. The minimum Gasteiger partial charge on any atom is -0.469 e. The highest BCUT2D eigenvalue weighted by Crippen LogP contribution is 2.10. The number of carbonyl (C=O) groups excluding carboxylic acids is 1. The number of esters is 1. The Hall–Kier alpha value is -0.640. The van der Waals surface area contributed by atoms with E-state index in [1.807, 2.05) is 0 Å². The zero-order chi connectivity index (χ0) is 12.2. The van der Waals surface area contributed by atoms with Crippen molar-refractivity contribution in [2.45, 2.75) is 57.5 Å². The molecule has 0 bridgehead atoms. The van der Waals surface area contributed by atoms with Crippen molar-refractivity contribution in [2.24, 2.45) is 0 Å². The Morgan fingerprint density at radius 3 is 2.31 bits per heavy atom. The molecule has 96 valence electrons. The summed E-state index contributed by atoms with van der Waals surface area (Å²) in [7, 11) is 1.40. The SMILES string of the molecule is COC(=O)CCCCCCCC[C@@H](O)CF. The predicted octanol–water partition coefficient (Wildman–Crippen LogP) is 2.61. The third-order valence-electron chi connectivity index (χ3n) is 2.57. The van der Waals surface area contributed by atoms with Crippen molar-refractivity contribution in [1.82, 2.24) is 0 Å². The summed E-state index contributed by atoms with van der Waals surface area (Å²) in [4.78, 5) is 10.8. The Labute approximate surface area is 97.0 Å². The van der Waals surface area contributed by atoms with E-state index in [0.29, 0.717) is 12.8 Å². The standard InChI is InChI=1S/C12H23FO3/c1-16-12(15)9-7-5-3-2-4-6-8-11(14)10-13/h11,14H,2-10H2,1H3/t11-/m1/s1. The van der Waals surface area contributed by atoms with Crippen LogP contribution in [-0.4, -0.2) is 31.0 Å². The number of ether oxygens (including phenoxy) is 1. The largest absolute Gasteiger partial charge is 0.469 e. The molecular formula is C12H23FO3. The highest BCUT2D eigenvalue weighted by Gasteiger charge is 2.02. The highest BCUT2D eigenvalue weighted by molar-refractivity contribution is 5.68. The first kappa shape index (κ1) is 15.4. The molecule has 0 aromatic heterocycles. The van der Waals surface area contributed by atoms with Crippen LogP contribution >= 0.6 is 0 Å². The molecule has 0 heterocycles. The van der Waals surface area contributed by atoms with Gasteiger partial charge < -0.3 is 9.84 Å². The summed E-state index contributed by atoms with van der Waals surface area (Å²) in [6.45, 7) is -0.640. The molecule has 0 spiro atoms. The van der Waals surface area contributed by atoms with Gasteiger partial charge in [0.2, 0.25) is 0 Å². The maximum atomic E-state index is 11.9. The Balaban J connectivity index is 3.07. The molecule has 0 amide bonds. The summed E-state index contributed by atoms with van der Waals surface area (Å²) in [6.07, 6.45) is 6.25. The smallest absolute Gasteiger partial charge is 0.305 e. The zero-order valence-corrected chi connectivity index (χ0v) is 10.1. The molecule has 0 aromatic rings. The van der Waals surface area contributed by atoms with E-state index in [2.05, 4.69) is 4.74 Å². The lowest BCUT2D eigenvalue weighted by molar-refractivity contribution is -0.140.